The SMILES string of the molecule is CCC1=CC(C)CS1. The Morgan fingerprint density at radius 3 is 2.88 bits per heavy atom. The minimum absolute atomic E-state index is 0.829. The second kappa shape index (κ2) is 2.58. The molecule has 8 heavy (non-hydrogen) atoms. The molecule has 46 valence electrons. The van der Waals surface area contributed by atoms with E-state index >= 15 is 0 Å². The zero-order valence-electron chi connectivity index (χ0n) is 5.48. The summed E-state index contributed by atoms with van der Waals surface area (Å²) in [4.78, 5) is 1.58. The summed E-state index contributed by atoms with van der Waals surface area (Å²) in [5.74, 6) is 2.14. The molecule has 0 amide bonds. The summed E-state index contributed by atoms with van der Waals surface area (Å²) in [5.41, 5.74) is 0. The Labute approximate surface area is 55.4 Å². The van der Waals surface area contributed by atoms with E-state index in [-0.39, 0.29) is 0 Å². The fraction of sp³-hybridized carbons (Fsp3) is 0.714. The largest absolute Gasteiger partial charge is 0.130 e. The molecule has 0 nitrogen and oxygen atoms in total. The summed E-state index contributed by atoms with van der Waals surface area (Å²) in [6.07, 6.45) is 3.61. The smallest absolute Gasteiger partial charge is 0.00374 e. The van der Waals surface area contributed by atoms with Gasteiger partial charge in [-0.25, -0.2) is 0 Å². The maximum atomic E-state index is 2.38. The van der Waals surface area contributed by atoms with Crippen LogP contribution in [-0.2, 0) is 0 Å². The molecule has 1 rings (SSSR count). The van der Waals surface area contributed by atoms with Gasteiger partial charge in [0.1, 0.15) is 0 Å². The molecule has 1 heteroatoms. The number of hydrogen-bond donors (Lipinski definition) is 0. The van der Waals surface area contributed by atoms with Crippen LogP contribution in [-0.4, -0.2) is 5.75 Å². The molecule has 0 spiro atoms. The highest BCUT2D eigenvalue weighted by molar-refractivity contribution is 8.03. The van der Waals surface area contributed by atoms with Crippen molar-refractivity contribution in [1.82, 2.24) is 0 Å². The zero-order valence-corrected chi connectivity index (χ0v) is 6.29. The monoisotopic (exact) mass is 128 g/mol. The summed E-state index contributed by atoms with van der Waals surface area (Å²) in [5, 5.41) is 0. The van der Waals surface area contributed by atoms with Crippen LogP contribution < -0.4 is 0 Å². The first kappa shape index (κ1) is 6.21. The molecule has 0 aromatic heterocycles. The molecule has 0 radical (unpaired) electrons. The highest BCUT2D eigenvalue weighted by Crippen LogP contribution is 2.30. The van der Waals surface area contributed by atoms with E-state index < -0.39 is 0 Å². The second-order valence-electron chi connectivity index (χ2n) is 2.27. The van der Waals surface area contributed by atoms with Gasteiger partial charge in [0.2, 0.25) is 0 Å². The van der Waals surface area contributed by atoms with E-state index in [0.29, 0.717) is 0 Å². The van der Waals surface area contributed by atoms with E-state index in [1.807, 2.05) is 11.8 Å². The lowest BCUT2D eigenvalue weighted by Gasteiger charge is -1.89. The second-order valence-corrected chi connectivity index (χ2v) is 3.42. The average Bonchev–Trinajstić information content (AvgIpc) is 2.14. The van der Waals surface area contributed by atoms with Crippen molar-refractivity contribution in [1.29, 1.82) is 0 Å². The number of thioether (sulfide) groups is 1. The molecule has 1 aliphatic rings. The van der Waals surface area contributed by atoms with Gasteiger partial charge in [0.05, 0.1) is 0 Å². The Morgan fingerprint density at radius 2 is 2.62 bits per heavy atom. The van der Waals surface area contributed by atoms with Crippen molar-refractivity contribution >= 4 is 11.8 Å². The molecule has 0 aliphatic carbocycles. The molecular formula is C7H12S. The van der Waals surface area contributed by atoms with Gasteiger partial charge >= 0.3 is 0 Å². The van der Waals surface area contributed by atoms with Gasteiger partial charge in [0, 0.05) is 5.75 Å². The molecular weight excluding hydrogens is 116 g/mol. The summed E-state index contributed by atoms with van der Waals surface area (Å²) >= 11 is 2.01. The first-order valence-corrected chi connectivity index (χ1v) is 4.15. The van der Waals surface area contributed by atoms with Gasteiger partial charge in [-0.05, 0) is 17.2 Å². The Hall–Kier alpha value is 0.0900. The van der Waals surface area contributed by atoms with Crippen molar-refractivity contribution in [2.75, 3.05) is 5.75 Å². The van der Waals surface area contributed by atoms with E-state index in [1.54, 1.807) is 4.91 Å². The van der Waals surface area contributed by atoms with Gasteiger partial charge in [0.25, 0.3) is 0 Å². The predicted molar refractivity (Wildman–Crippen MR) is 40.0 cm³/mol. The van der Waals surface area contributed by atoms with Crippen LogP contribution in [0.2, 0.25) is 0 Å². The number of hydrogen-bond acceptors (Lipinski definition) is 1. The molecule has 1 unspecified atom stereocenters. The molecule has 0 saturated heterocycles. The van der Waals surface area contributed by atoms with E-state index in [4.69, 9.17) is 0 Å². The Kier molecular flexibility index (Phi) is 2.01. The summed E-state index contributed by atoms with van der Waals surface area (Å²) in [7, 11) is 0. The van der Waals surface area contributed by atoms with Gasteiger partial charge in [-0.3, -0.25) is 0 Å². The third-order valence-electron chi connectivity index (χ3n) is 1.35. The molecule has 1 aliphatic heterocycles. The standard InChI is InChI=1S/C7H12S/c1-3-7-4-6(2)5-8-7/h4,6H,3,5H2,1-2H3. The summed E-state index contributed by atoms with van der Waals surface area (Å²) in [6.45, 7) is 4.49. The highest BCUT2D eigenvalue weighted by atomic mass is 32.2. The topological polar surface area (TPSA) is 0 Å². The predicted octanol–water partition coefficient (Wildman–Crippen LogP) is 2.66. The van der Waals surface area contributed by atoms with Crippen molar-refractivity contribution in [3.05, 3.63) is 11.0 Å². The molecule has 1 atom stereocenters. The third-order valence-corrected chi connectivity index (χ3v) is 2.84. The maximum Gasteiger partial charge on any atom is 0.00374 e. The summed E-state index contributed by atoms with van der Waals surface area (Å²) < 4.78 is 0. The van der Waals surface area contributed by atoms with Gasteiger partial charge in [-0.2, -0.15) is 0 Å². The van der Waals surface area contributed by atoms with Crippen molar-refractivity contribution < 1.29 is 0 Å². The number of allylic oxidation sites excluding steroid dienone is 2. The van der Waals surface area contributed by atoms with Crippen LogP contribution in [0, 0.1) is 5.92 Å². The molecule has 0 N–H and O–H groups in total. The van der Waals surface area contributed by atoms with Crippen LogP contribution in [0.15, 0.2) is 11.0 Å². The quantitative estimate of drug-likeness (QED) is 0.523. The Morgan fingerprint density at radius 1 is 1.88 bits per heavy atom. The van der Waals surface area contributed by atoms with Crippen molar-refractivity contribution in [3.63, 3.8) is 0 Å². The lowest BCUT2D eigenvalue weighted by molar-refractivity contribution is 0.855. The van der Waals surface area contributed by atoms with Gasteiger partial charge in [0.15, 0.2) is 0 Å². The van der Waals surface area contributed by atoms with Gasteiger partial charge in [-0.1, -0.05) is 19.9 Å². The number of rotatable bonds is 1. The molecule has 0 fully saturated rings. The molecule has 0 bridgehead atoms. The van der Waals surface area contributed by atoms with Crippen LogP contribution in [0.25, 0.3) is 0 Å². The Balaban J connectivity index is 2.44. The molecule has 0 aromatic rings. The van der Waals surface area contributed by atoms with Crippen molar-refractivity contribution in [3.8, 4) is 0 Å². The Bertz CT molecular complexity index is 105. The fourth-order valence-corrected chi connectivity index (χ4v) is 1.98. The van der Waals surface area contributed by atoms with E-state index in [0.717, 1.165) is 5.92 Å². The minimum Gasteiger partial charge on any atom is -0.130 e. The highest BCUT2D eigenvalue weighted by Gasteiger charge is 2.08. The van der Waals surface area contributed by atoms with Crippen LogP contribution >= 0.6 is 11.8 Å². The zero-order chi connectivity index (χ0) is 5.98. The average molecular weight is 128 g/mol. The molecule has 0 saturated carbocycles. The van der Waals surface area contributed by atoms with E-state index in [2.05, 4.69) is 19.9 Å². The van der Waals surface area contributed by atoms with Crippen LogP contribution in [0.1, 0.15) is 20.3 Å². The van der Waals surface area contributed by atoms with Crippen LogP contribution in [0.3, 0.4) is 0 Å². The lowest BCUT2D eigenvalue weighted by atomic mass is 10.2. The normalized spacial score (nSPS) is 28.2. The maximum absolute atomic E-state index is 2.38. The first-order valence-electron chi connectivity index (χ1n) is 3.16. The van der Waals surface area contributed by atoms with Crippen molar-refractivity contribution in [2.45, 2.75) is 20.3 Å². The molecule has 0 aromatic carbocycles. The van der Waals surface area contributed by atoms with Crippen LogP contribution in [0.5, 0.6) is 0 Å². The van der Waals surface area contributed by atoms with Gasteiger partial charge < -0.3 is 0 Å². The third kappa shape index (κ3) is 1.28. The van der Waals surface area contributed by atoms with E-state index in [9.17, 15) is 0 Å². The van der Waals surface area contributed by atoms with Crippen molar-refractivity contribution in [2.24, 2.45) is 5.92 Å². The fourth-order valence-electron chi connectivity index (χ4n) is 0.872. The lowest BCUT2D eigenvalue weighted by Crippen LogP contribution is -1.83. The summed E-state index contributed by atoms with van der Waals surface area (Å²) in [6, 6.07) is 0. The molecule has 1 heterocycles. The minimum atomic E-state index is 0.829. The van der Waals surface area contributed by atoms with E-state index in [1.165, 1.54) is 12.2 Å². The van der Waals surface area contributed by atoms with Gasteiger partial charge in [-0.15, -0.1) is 11.8 Å². The van der Waals surface area contributed by atoms with Crippen LogP contribution in [0.4, 0.5) is 0 Å². The first-order chi connectivity index (χ1) is 3.83.